The van der Waals surface area contributed by atoms with Crippen LogP contribution in [0.5, 0.6) is 0 Å². The van der Waals surface area contributed by atoms with Gasteiger partial charge >= 0.3 is 0 Å². The molecule has 0 saturated carbocycles. The molecule has 0 bridgehead atoms. The molecular weight excluding hydrogens is 172 g/mol. The molecule has 0 heterocycles. The number of allylic oxidation sites excluding steroid dienone is 2. The molecular formula is C12H20N2. The monoisotopic (exact) mass is 192 g/mol. The molecule has 0 rings (SSSR count). The lowest BCUT2D eigenvalue weighted by molar-refractivity contribution is 0.893. The molecule has 1 N–H and O–H groups in total. The molecule has 0 atom stereocenters. The molecule has 2 heteroatoms. The summed E-state index contributed by atoms with van der Waals surface area (Å²) in [6.45, 7) is 13.9. The van der Waals surface area contributed by atoms with E-state index in [1.54, 1.807) is 6.21 Å². The Bertz CT molecular complexity index is 259. The van der Waals surface area contributed by atoms with E-state index in [1.165, 1.54) is 5.57 Å². The van der Waals surface area contributed by atoms with Crippen molar-refractivity contribution in [1.82, 2.24) is 5.43 Å². The number of hydrogen-bond acceptors (Lipinski definition) is 2. The van der Waals surface area contributed by atoms with E-state index in [4.69, 9.17) is 0 Å². The van der Waals surface area contributed by atoms with Crippen molar-refractivity contribution in [2.75, 3.05) is 0 Å². The first-order valence-corrected chi connectivity index (χ1v) is 4.90. The summed E-state index contributed by atoms with van der Waals surface area (Å²) in [6, 6.07) is 0. The summed E-state index contributed by atoms with van der Waals surface area (Å²) in [5.41, 5.74) is 5.77. The third-order valence-electron chi connectivity index (χ3n) is 1.78. The van der Waals surface area contributed by atoms with Gasteiger partial charge in [-0.3, -0.25) is 5.43 Å². The maximum absolute atomic E-state index is 3.92. The molecule has 78 valence electrons. The Morgan fingerprint density at radius 3 is 2.57 bits per heavy atom. The number of rotatable bonds is 6. The average Bonchev–Trinajstić information content (AvgIpc) is 2.14. The lowest BCUT2D eigenvalue weighted by Crippen LogP contribution is -2.04. The molecule has 14 heavy (non-hydrogen) atoms. The van der Waals surface area contributed by atoms with Crippen molar-refractivity contribution in [2.45, 2.75) is 33.6 Å². The molecule has 0 spiro atoms. The zero-order valence-corrected chi connectivity index (χ0v) is 9.43. The van der Waals surface area contributed by atoms with Crippen molar-refractivity contribution in [3.63, 3.8) is 0 Å². The Morgan fingerprint density at radius 1 is 1.43 bits per heavy atom. The average molecular weight is 192 g/mol. The molecule has 0 radical (unpaired) electrons. The lowest BCUT2D eigenvalue weighted by Gasteiger charge is -2.05. The summed E-state index contributed by atoms with van der Waals surface area (Å²) >= 11 is 0. The highest BCUT2D eigenvalue weighted by atomic mass is 15.3. The predicted octanol–water partition coefficient (Wildman–Crippen LogP) is 3.40. The van der Waals surface area contributed by atoms with Crippen LogP contribution in [0.3, 0.4) is 0 Å². The minimum atomic E-state index is 0.749. The van der Waals surface area contributed by atoms with E-state index in [0.29, 0.717) is 0 Å². The molecule has 0 unspecified atom stereocenters. The fourth-order valence-electron chi connectivity index (χ4n) is 1.07. The normalized spacial score (nSPS) is 11.8. The van der Waals surface area contributed by atoms with E-state index in [0.717, 1.165) is 24.1 Å². The largest absolute Gasteiger partial charge is 0.279 e. The van der Waals surface area contributed by atoms with Crippen LogP contribution in [0, 0.1) is 0 Å². The van der Waals surface area contributed by atoms with Gasteiger partial charge in [0.2, 0.25) is 0 Å². The van der Waals surface area contributed by atoms with Crippen LogP contribution in [0.2, 0.25) is 0 Å². The van der Waals surface area contributed by atoms with Gasteiger partial charge in [-0.2, -0.15) is 5.10 Å². The minimum Gasteiger partial charge on any atom is -0.279 e. The molecule has 0 fully saturated rings. The summed E-state index contributed by atoms with van der Waals surface area (Å²) in [5.74, 6) is 0. The van der Waals surface area contributed by atoms with Crippen LogP contribution in [-0.2, 0) is 0 Å². The summed E-state index contributed by atoms with van der Waals surface area (Å²) in [4.78, 5) is 0. The van der Waals surface area contributed by atoms with E-state index in [2.05, 4.69) is 37.5 Å². The summed E-state index contributed by atoms with van der Waals surface area (Å²) < 4.78 is 0. The minimum absolute atomic E-state index is 0.749. The van der Waals surface area contributed by atoms with Crippen LogP contribution in [0.4, 0.5) is 0 Å². The zero-order chi connectivity index (χ0) is 11.0. The molecule has 0 saturated heterocycles. The molecule has 0 aliphatic heterocycles. The van der Waals surface area contributed by atoms with Crippen LogP contribution >= 0.6 is 0 Å². The smallest absolute Gasteiger partial charge is 0.0556 e. The van der Waals surface area contributed by atoms with Gasteiger partial charge in [0.15, 0.2) is 0 Å². The van der Waals surface area contributed by atoms with Gasteiger partial charge in [-0.15, -0.1) is 0 Å². The molecule has 0 aliphatic carbocycles. The van der Waals surface area contributed by atoms with Gasteiger partial charge in [0.25, 0.3) is 0 Å². The first kappa shape index (κ1) is 12.7. The Labute approximate surface area is 87.1 Å². The van der Waals surface area contributed by atoms with Gasteiger partial charge in [0.1, 0.15) is 0 Å². The topological polar surface area (TPSA) is 24.4 Å². The van der Waals surface area contributed by atoms with Gasteiger partial charge in [-0.25, -0.2) is 0 Å². The first-order chi connectivity index (χ1) is 6.61. The molecule has 0 aromatic rings. The molecule has 0 amide bonds. The molecule has 2 nitrogen and oxygen atoms in total. The standard InChI is InChI=1S/C12H20N2/c1-6-8-10(3)9-11(4)12(5)14-13-7-2/h7,9,14H,4-6,8H2,1-3H3/b10-9+,13-7-. The van der Waals surface area contributed by atoms with Gasteiger partial charge in [-0.1, -0.05) is 38.2 Å². The Morgan fingerprint density at radius 2 is 2.07 bits per heavy atom. The highest BCUT2D eigenvalue weighted by molar-refractivity contribution is 5.53. The van der Waals surface area contributed by atoms with Gasteiger partial charge < -0.3 is 0 Å². The summed E-state index contributed by atoms with van der Waals surface area (Å²) in [5, 5.41) is 3.88. The maximum atomic E-state index is 3.92. The molecule has 0 aromatic carbocycles. The van der Waals surface area contributed by atoms with Crippen LogP contribution in [0.1, 0.15) is 33.6 Å². The van der Waals surface area contributed by atoms with E-state index in [9.17, 15) is 0 Å². The predicted molar refractivity (Wildman–Crippen MR) is 64.2 cm³/mol. The van der Waals surface area contributed by atoms with Crippen LogP contribution < -0.4 is 5.43 Å². The highest BCUT2D eigenvalue weighted by Crippen LogP contribution is 2.10. The van der Waals surface area contributed by atoms with E-state index in [-0.39, 0.29) is 0 Å². The Hall–Kier alpha value is -1.31. The van der Waals surface area contributed by atoms with Crippen molar-refractivity contribution >= 4 is 6.21 Å². The van der Waals surface area contributed by atoms with Gasteiger partial charge in [0.05, 0.1) is 5.70 Å². The number of nitrogens with zero attached hydrogens (tertiary/aromatic N) is 1. The van der Waals surface area contributed by atoms with Crippen molar-refractivity contribution in [2.24, 2.45) is 5.10 Å². The third kappa shape index (κ3) is 5.36. The van der Waals surface area contributed by atoms with E-state index >= 15 is 0 Å². The number of hydrogen-bond donors (Lipinski definition) is 1. The van der Waals surface area contributed by atoms with Crippen LogP contribution in [0.15, 0.2) is 41.2 Å². The lowest BCUT2D eigenvalue weighted by atomic mass is 10.1. The van der Waals surface area contributed by atoms with Crippen molar-refractivity contribution in [3.8, 4) is 0 Å². The van der Waals surface area contributed by atoms with Gasteiger partial charge in [-0.05, 0) is 25.8 Å². The van der Waals surface area contributed by atoms with Gasteiger partial charge in [0, 0.05) is 6.21 Å². The maximum Gasteiger partial charge on any atom is 0.0556 e. The second-order valence-electron chi connectivity index (χ2n) is 3.24. The fourth-order valence-corrected chi connectivity index (χ4v) is 1.07. The van der Waals surface area contributed by atoms with Crippen LogP contribution in [-0.4, -0.2) is 6.21 Å². The van der Waals surface area contributed by atoms with Crippen molar-refractivity contribution < 1.29 is 0 Å². The van der Waals surface area contributed by atoms with E-state index < -0.39 is 0 Å². The first-order valence-electron chi connectivity index (χ1n) is 4.90. The second-order valence-corrected chi connectivity index (χ2v) is 3.24. The highest BCUT2D eigenvalue weighted by Gasteiger charge is 1.95. The van der Waals surface area contributed by atoms with Crippen molar-refractivity contribution in [3.05, 3.63) is 36.1 Å². The number of hydrazone groups is 1. The SMILES string of the molecule is C=C(/C=C(\C)CCC)C(=C)N/N=C\C. The second kappa shape index (κ2) is 7.13. The fraction of sp³-hybridized carbons (Fsp3) is 0.417. The molecule has 0 aliphatic rings. The Kier molecular flexibility index (Phi) is 6.46. The summed E-state index contributed by atoms with van der Waals surface area (Å²) in [6.07, 6.45) is 5.98. The van der Waals surface area contributed by atoms with Crippen molar-refractivity contribution in [1.29, 1.82) is 0 Å². The zero-order valence-electron chi connectivity index (χ0n) is 9.43. The Balaban J connectivity index is 4.19. The number of nitrogens with one attached hydrogen (secondary N) is 1. The summed E-state index contributed by atoms with van der Waals surface area (Å²) in [7, 11) is 0. The van der Waals surface area contributed by atoms with Crippen LogP contribution in [0.25, 0.3) is 0 Å². The molecule has 0 aromatic heterocycles. The third-order valence-corrected chi connectivity index (χ3v) is 1.78. The van der Waals surface area contributed by atoms with E-state index in [1.807, 2.05) is 13.0 Å². The quantitative estimate of drug-likeness (QED) is 0.389.